The van der Waals surface area contributed by atoms with E-state index < -0.39 is 0 Å². The van der Waals surface area contributed by atoms with Gasteiger partial charge in [-0.2, -0.15) is 5.10 Å². The Hall–Kier alpha value is -2.17. The highest BCUT2D eigenvalue weighted by Crippen LogP contribution is 2.28. The summed E-state index contributed by atoms with van der Waals surface area (Å²) in [5, 5.41) is 5.07. The molecule has 86 valence electrons. The van der Waals surface area contributed by atoms with E-state index in [1.807, 2.05) is 25.2 Å². The van der Waals surface area contributed by atoms with Gasteiger partial charge in [-0.15, -0.1) is 0 Å². The molecule has 0 N–H and O–H groups in total. The van der Waals surface area contributed by atoms with Gasteiger partial charge in [-0.05, 0) is 12.1 Å². The number of carbonyl (C=O) groups is 2. The predicted octanol–water partition coefficient (Wildman–Crippen LogP) is 0.879. The van der Waals surface area contributed by atoms with Gasteiger partial charge in [-0.1, -0.05) is 6.07 Å². The Balaban J connectivity index is 2.17. The van der Waals surface area contributed by atoms with E-state index in [4.69, 9.17) is 0 Å². The van der Waals surface area contributed by atoms with E-state index in [0.29, 0.717) is 0 Å². The van der Waals surface area contributed by atoms with Crippen LogP contribution in [0.2, 0.25) is 0 Å². The van der Waals surface area contributed by atoms with Crippen molar-refractivity contribution in [3.8, 4) is 0 Å². The van der Waals surface area contributed by atoms with Gasteiger partial charge in [0.15, 0.2) is 5.78 Å². The van der Waals surface area contributed by atoms with E-state index in [1.165, 1.54) is 4.90 Å². The number of carbonyl (C=O) groups excluding carboxylic acids is 2. The molecular weight excluding hydrogens is 218 g/mol. The molecule has 0 spiro atoms. The van der Waals surface area contributed by atoms with Crippen molar-refractivity contribution >= 4 is 28.3 Å². The Labute approximate surface area is 97.6 Å². The zero-order valence-corrected chi connectivity index (χ0v) is 9.38. The first-order valence-corrected chi connectivity index (χ1v) is 5.39. The van der Waals surface area contributed by atoms with E-state index in [1.54, 1.807) is 10.9 Å². The Morgan fingerprint density at radius 3 is 2.82 bits per heavy atom. The highest BCUT2D eigenvalue weighted by Gasteiger charge is 2.29. The van der Waals surface area contributed by atoms with Crippen LogP contribution in [0, 0.1) is 0 Å². The smallest absolute Gasteiger partial charge is 0.234 e. The maximum atomic E-state index is 11.7. The van der Waals surface area contributed by atoms with Crippen LogP contribution in [0.25, 0.3) is 10.9 Å². The van der Waals surface area contributed by atoms with Gasteiger partial charge in [0.2, 0.25) is 5.91 Å². The molecule has 17 heavy (non-hydrogen) atoms. The second-order valence-electron chi connectivity index (χ2n) is 4.17. The molecule has 0 unspecified atom stereocenters. The molecule has 5 heteroatoms. The molecule has 1 aliphatic rings. The van der Waals surface area contributed by atoms with Crippen molar-refractivity contribution in [3.63, 3.8) is 0 Å². The Morgan fingerprint density at radius 2 is 2.12 bits per heavy atom. The molecule has 1 amide bonds. The van der Waals surface area contributed by atoms with Crippen molar-refractivity contribution in [2.75, 3.05) is 11.4 Å². The summed E-state index contributed by atoms with van der Waals surface area (Å²) in [6, 6.07) is 5.66. The lowest BCUT2D eigenvalue weighted by Gasteiger charge is -2.15. The largest absolute Gasteiger partial charge is 0.304 e. The number of amides is 1. The number of anilines is 1. The number of ketones is 1. The van der Waals surface area contributed by atoms with Gasteiger partial charge in [0.05, 0.1) is 30.4 Å². The van der Waals surface area contributed by atoms with E-state index in [9.17, 15) is 9.59 Å². The SMILES string of the molecule is Cn1ncc2c(N3CC(=O)CC3=O)cccc21. The summed E-state index contributed by atoms with van der Waals surface area (Å²) >= 11 is 0. The van der Waals surface area contributed by atoms with Crippen LogP contribution in [0.4, 0.5) is 5.69 Å². The number of rotatable bonds is 1. The van der Waals surface area contributed by atoms with Crippen LogP contribution >= 0.6 is 0 Å². The lowest BCUT2D eigenvalue weighted by Crippen LogP contribution is -2.24. The summed E-state index contributed by atoms with van der Waals surface area (Å²) in [7, 11) is 1.85. The molecule has 3 rings (SSSR count). The number of hydrogen-bond acceptors (Lipinski definition) is 3. The molecule has 0 bridgehead atoms. The standard InChI is InChI=1S/C12H11N3O2/c1-14-10-3-2-4-11(9(10)6-13-14)15-7-8(16)5-12(15)17/h2-4,6H,5,7H2,1H3. The molecule has 1 fully saturated rings. The fraction of sp³-hybridized carbons (Fsp3) is 0.250. The number of nitrogens with zero attached hydrogens (tertiary/aromatic N) is 3. The summed E-state index contributed by atoms with van der Waals surface area (Å²) in [6.45, 7) is 0.173. The van der Waals surface area contributed by atoms with Crippen LogP contribution in [-0.4, -0.2) is 28.0 Å². The minimum Gasteiger partial charge on any atom is -0.304 e. The molecule has 1 saturated heterocycles. The van der Waals surface area contributed by atoms with Gasteiger partial charge < -0.3 is 4.90 Å². The third kappa shape index (κ3) is 1.43. The number of aryl methyl sites for hydroxylation is 1. The van der Waals surface area contributed by atoms with Crippen molar-refractivity contribution in [2.45, 2.75) is 6.42 Å². The lowest BCUT2D eigenvalue weighted by molar-refractivity contribution is -0.121. The topological polar surface area (TPSA) is 55.2 Å². The summed E-state index contributed by atoms with van der Waals surface area (Å²) in [5.41, 5.74) is 1.72. The second-order valence-corrected chi connectivity index (χ2v) is 4.17. The minimum atomic E-state index is -0.133. The Kier molecular flexibility index (Phi) is 2.01. The van der Waals surface area contributed by atoms with E-state index in [2.05, 4.69) is 5.10 Å². The zero-order chi connectivity index (χ0) is 12.0. The van der Waals surface area contributed by atoms with Gasteiger partial charge in [-0.25, -0.2) is 0 Å². The lowest BCUT2D eigenvalue weighted by atomic mass is 10.2. The van der Waals surface area contributed by atoms with Crippen LogP contribution < -0.4 is 4.90 Å². The van der Waals surface area contributed by atoms with Gasteiger partial charge in [-0.3, -0.25) is 14.3 Å². The fourth-order valence-corrected chi connectivity index (χ4v) is 2.20. The molecule has 1 aromatic carbocycles. The van der Waals surface area contributed by atoms with Crippen molar-refractivity contribution < 1.29 is 9.59 Å². The highest BCUT2D eigenvalue weighted by atomic mass is 16.2. The second kappa shape index (κ2) is 3.41. The van der Waals surface area contributed by atoms with Crippen LogP contribution in [0.3, 0.4) is 0 Å². The third-order valence-electron chi connectivity index (χ3n) is 3.04. The van der Waals surface area contributed by atoms with Crippen molar-refractivity contribution in [1.82, 2.24) is 9.78 Å². The monoisotopic (exact) mass is 229 g/mol. The first kappa shape index (κ1) is 10.0. The number of benzene rings is 1. The number of hydrogen-bond donors (Lipinski definition) is 0. The van der Waals surface area contributed by atoms with Crippen LogP contribution in [0.5, 0.6) is 0 Å². The number of fused-ring (bicyclic) bond motifs is 1. The Morgan fingerprint density at radius 1 is 1.29 bits per heavy atom. The number of Topliss-reactive ketones (excluding diaryl/α,β-unsaturated/α-hetero) is 1. The van der Waals surface area contributed by atoms with Crippen LogP contribution in [0.1, 0.15) is 6.42 Å². The molecule has 0 saturated carbocycles. The molecule has 1 aromatic heterocycles. The fourth-order valence-electron chi connectivity index (χ4n) is 2.20. The summed E-state index contributed by atoms with van der Waals surface area (Å²) in [6.07, 6.45) is 1.73. The highest BCUT2D eigenvalue weighted by molar-refractivity contribution is 6.17. The predicted molar refractivity (Wildman–Crippen MR) is 62.7 cm³/mol. The van der Waals surface area contributed by atoms with E-state index in [-0.39, 0.29) is 24.7 Å². The maximum absolute atomic E-state index is 11.7. The Bertz CT molecular complexity index is 630. The maximum Gasteiger partial charge on any atom is 0.234 e. The molecule has 0 aliphatic carbocycles. The molecule has 0 atom stereocenters. The molecular formula is C12H11N3O2. The quantitative estimate of drug-likeness (QED) is 0.682. The number of aromatic nitrogens is 2. The van der Waals surface area contributed by atoms with Crippen molar-refractivity contribution in [2.24, 2.45) is 7.05 Å². The van der Waals surface area contributed by atoms with Crippen molar-refractivity contribution in [3.05, 3.63) is 24.4 Å². The van der Waals surface area contributed by atoms with Crippen LogP contribution in [-0.2, 0) is 16.6 Å². The average molecular weight is 229 g/mol. The average Bonchev–Trinajstić information content (AvgIpc) is 2.83. The first-order chi connectivity index (χ1) is 8.16. The normalized spacial score (nSPS) is 16.2. The molecule has 0 radical (unpaired) electrons. The van der Waals surface area contributed by atoms with Gasteiger partial charge in [0.1, 0.15) is 0 Å². The minimum absolute atomic E-state index is 0.0106. The summed E-state index contributed by atoms with van der Waals surface area (Å²) < 4.78 is 1.75. The summed E-state index contributed by atoms with van der Waals surface area (Å²) in [4.78, 5) is 24.5. The van der Waals surface area contributed by atoms with Gasteiger partial charge in [0.25, 0.3) is 0 Å². The molecule has 2 heterocycles. The zero-order valence-electron chi connectivity index (χ0n) is 9.38. The molecule has 1 aliphatic heterocycles. The van der Waals surface area contributed by atoms with Crippen molar-refractivity contribution in [1.29, 1.82) is 0 Å². The van der Waals surface area contributed by atoms with Gasteiger partial charge in [0, 0.05) is 12.4 Å². The molecule has 2 aromatic rings. The van der Waals surface area contributed by atoms with Gasteiger partial charge >= 0.3 is 0 Å². The third-order valence-corrected chi connectivity index (χ3v) is 3.04. The summed E-state index contributed by atoms with van der Waals surface area (Å²) in [5.74, 6) is -0.165. The van der Waals surface area contributed by atoms with Crippen LogP contribution in [0.15, 0.2) is 24.4 Å². The van der Waals surface area contributed by atoms with E-state index in [0.717, 1.165) is 16.6 Å². The van der Waals surface area contributed by atoms with E-state index >= 15 is 0 Å². The molecule has 5 nitrogen and oxygen atoms in total. The first-order valence-electron chi connectivity index (χ1n) is 5.39.